The van der Waals surface area contributed by atoms with Crippen LogP contribution < -0.4 is 10.1 Å². The second kappa shape index (κ2) is 8.37. The molecule has 3 aromatic rings. The van der Waals surface area contributed by atoms with E-state index in [9.17, 15) is 4.79 Å². The fourth-order valence-electron chi connectivity index (χ4n) is 2.53. The van der Waals surface area contributed by atoms with E-state index in [2.05, 4.69) is 15.5 Å². The number of carbonyl (C=O) groups is 1. The lowest BCUT2D eigenvalue weighted by Crippen LogP contribution is -2.27. The van der Waals surface area contributed by atoms with Gasteiger partial charge in [-0.15, -0.1) is 21.5 Å². The Hall–Kier alpha value is -2.32. The van der Waals surface area contributed by atoms with Crippen LogP contribution in [0.5, 0.6) is 5.75 Å². The van der Waals surface area contributed by atoms with Gasteiger partial charge in [0.2, 0.25) is 5.91 Å². The van der Waals surface area contributed by atoms with Crippen LogP contribution in [0, 0.1) is 0 Å². The smallest absolute Gasteiger partial charge is 0.230 e. The SMILES string of the molecule is COc1ccccc1-c1nnc(SCC(=O)N[C@H](C)c2cccs2)n1C. The van der Waals surface area contributed by atoms with Gasteiger partial charge in [0.15, 0.2) is 11.0 Å². The molecular weight excluding hydrogens is 368 g/mol. The van der Waals surface area contributed by atoms with Crippen molar-refractivity contribution in [2.75, 3.05) is 12.9 Å². The summed E-state index contributed by atoms with van der Waals surface area (Å²) in [5.41, 5.74) is 0.868. The highest BCUT2D eigenvalue weighted by molar-refractivity contribution is 7.99. The molecule has 0 bridgehead atoms. The Kier molecular flexibility index (Phi) is 5.95. The van der Waals surface area contributed by atoms with E-state index in [1.807, 2.05) is 60.3 Å². The molecule has 1 amide bonds. The van der Waals surface area contributed by atoms with Crippen molar-refractivity contribution in [1.29, 1.82) is 0 Å². The molecule has 0 unspecified atom stereocenters. The van der Waals surface area contributed by atoms with Crippen LogP contribution in [0.15, 0.2) is 46.9 Å². The summed E-state index contributed by atoms with van der Waals surface area (Å²) in [7, 11) is 3.51. The van der Waals surface area contributed by atoms with Crippen LogP contribution in [0.2, 0.25) is 0 Å². The average Bonchev–Trinajstić information content (AvgIpc) is 3.30. The maximum atomic E-state index is 12.2. The van der Waals surface area contributed by atoms with Crippen molar-refractivity contribution in [2.45, 2.75) is 18.1 Å². The molecule has 6 nitrogen and oxygen atoms in total. The Morgan fingerprint density at radius 3 is 2.85 bits per heavy atom. The molecule has 0 saturated carbocycles. The van der Waals surface area contributed by atoms with E-state index in [4.69, 9.17) is 4.74 Å². The Morgan fingerprint density at radius 1 is 1.31 bits per heavy atom. The van der Waals surface area contributed by atoms with Crippen LogP contribution >= 0.6 is 23.1 Å². The molecule has 2 aromatic heterocycles. The minimum atomic E-state index is -0.0299. The number of ether oxygens (including phenoxy) is 1. The molecule has 0 aliphatic carbocycles. The van der Waals surface area contributed by atoms with Crippen molar-refractivity contribution < 1.29 is 9.53 Å². The molecule has 2 heterocycles. The zero-order chi connectivity index (χ0) is 18.5. The zero-order valence-corrected chi connectivity index (χ0v) is 16.4. The maximum absolute atomic E-state index is 12.2. The lowest BCUT2D eigenvalue weighted by molar-refractivity contribution is -0.119. The predicted octanol–water partition coefficient (Wildman–Crippen LogP) is 3.52. The van der Waals surface area contributed by atoms with Crippen molar-refractivity contribution in [1.82, 2.24) is 20.1 Å². The standard InChI is InChI=1S/C18H20N4O2S2/c1-12(15-9-6-10-25-15)19-16(23)11-26-18-21-20-17(22(18)2)13-7-4-5-8-14(13)24-3/h4-10,12H,11H2,1-3H3,(H,19,23)/t12-/m1/s1. The molecule has 26 heavy (non-hydrogen) atoms. The van der Waals surface area contributed by atoms with Crippen molar-refractivity contribution in [2.24, 2.45) is 7.05 Å². The van der Waals surface area contributed by atoms with Crippen molar-refractivity contribution in [3.63, 3.8) is 0 Å². The molecule has 1 atom stereocenters. The van der Waals surface area contributed by atoms with Crippen LogP contribution in [0.25, 0.3) is 11.4 Å². The van der Waals surface area contributed by atoms with Crippen LogP contribution in [0.1, 0.15) is 17.8 Å². The number of nitrogens with one attached hydrogen (secondary N) is 1. The normalized spacial score (nSPS) is 12.0. The fourth-order valence-corrected chi connectivity index (χ4v) is 3.98. The minimum absolute atomic E-state index is 0.00624. The molecule has 0 fully saturated rings. The third kappa shape index (κ3) is 4.08. The predicted molar refractivity (Wildman–Crippen MR) is 105 cm³/mol. The molecule has 3 rings (SSSR count). The van der Waals surface area contributed by atoms with Gasteiger partial charge in [-0.25, -0.2) is 0 Å². The number of aromatic nitrogens is 3. The summed E-state index contributed by atoms with van der Waals surface area (Å²) in [5, 5.41) is 14.2. The summed E-state index contributed by atoms with van der Waals surface area (Å²) in [6.45, 7) is 1.98. The molecule has 8 heteroatoms. The van der Waals surface area contributed by atoms with E-state index in [0.29, 0.717) is 11.0 Å². The quantitative estimate of drug-likeness (QED) is 0.627. The fraction of sp³-hybridized carbons (Fsp3) is 0.278. The first-order valence-electron chi connectivity index (χ1n) is 8.08. The lowest BCUT2D eigenvalue weighted by atomic mass is 10.2. The van der Waals surface area contributed by atoms with E-state index in [1.165, 1.54) is 11.8 Å². The van der Waals surface area contributed by atoms with Gasteiger partial charge < -0.3 is 14.6 Å². The van der Waals surface area contributed by atoms with E-state index in [0.717, 1.165) is 16.2 Å². The van der Waals surface area contributed by atoms with Gasteiger partial charge in [-0.2, -0.15) is 0 Å². The van der Waals surface area contributed by atoms with Gasteiger partial charge >= 0.3 is 0 Å². The second-order valence-corrected chi connectivity index (χ2v) is 7.58. The first kappa shape index (κ1) is 18.5. The number of para-hydroxylation sites is 1. The first-order chi connectivity index (χ1) is 12.6. The lowest BCUT2D eigenvalue weighted by Gasteiger charge is -2.12. The molecule has 0 spiro atoms. The van der Waals surface area contributed by atoms with Gasteiger partial charge in [-0.3, -0.25) is 4.79 Å². The Balaban J connectivity index is 1.64. The van der Waals surface area contributed by atoms with Crippen LogP contribution in [-0.2, 0) is 11.8 Å². The van der Waals surface area contributed by atoms with E-state index in [-0.39, 0.29) is 17.7 Å². The van der Waals surface area contributed by atoms with E-state index in [1.54, 1.807) is 18.4 Å². The third-order valence-electron chi connectivity index (χ3n) is 3.86. The summed E-state index contributed by atoms with van der Waals surface area (Å²) < 4.78 is 7.26. The number of hydrogen-bond donors (Lipinski definition) is 1. The third-order valence-corrected chi connectivity index (χ3v) is 5.94. The summed E-state index contributed by atoms with van der Waals surface area (Å²) in [4.78, 5) is 13.3. The van der Waals surface area contributed by atoms with Crippen LogP contribution in [0.4, 0.5) is 0 Å². The largest absolute Gasteiger partial charge is 0.496 e. The number of rotatable bonds is 7. The van der Waals surface area contributed by atoms with Gasteiger partial charge in [0.25, 0.3) is 0 Å². The Labute approximate surface area is 160 Å². The monoisotopic (exact) mass is 388 g/mol. The minimum Gasteiger partial charge on any atom is -0.496 e. The van der Waals surface area contributed by atoms with Crippen LogP contribution in [-0.4, -0.2) is 33.5 Å². The van der Waals surface area contributed by atoms with Crippen molar-refractivity contribution in [3.8, 4) is 17.1 Å². The van der Waals surface area contributed by atoms with E-state index >= 15 is 0 Å². The van der Waals surface area contributed by atoms with Crippen LogP contribution in [0.3, 0.4) is 0 Å². The summed E-state index contributed by atoms with van der Waals surface area (Å²) in [6.07, 6.45) is 0. The highest BCUT2D eigenvalue weighted by atomic mass is 32.2. The van der Waals surface area contributed by atoms with Gasteiger partial charge in [-0.05, 0) is 30.5 Å². The number of methoxy groups -OCH3 is 1. The zero-order valence-electron chi connectivity index (χ0n) is 14.8. The number of carbonyl (C=O) groups excluding carboxylic acids is 1. The molecule has 0 aliphatic heterocycles. The number of benzene rings is 1. The summed E-state index contributed by atoms with van der Waals surface area (Å²) in [5.74, 6) is 1.70. The molecule has 136 valence electrons. The highest BCUT2D eigenvalue weighted by Crippen LogP contribution is 2.30. The maximum Gasteiger partial charge on any atom is 0.230 e. The molecule has 1 N–H and O–H groups in total. The van der Waals surface area contributed by atoms with Crippen molar-refractivity contribution >= 4 is 29.0 Å². The summed E-state index contributed by atoms with van der Waals surface area (Å²) >= 11 is 3.00. The summed E-state index contributed by atoms with van der Waals surface area (Å²) in [6, 6.07) is 11.7. The Bertz CT molecular complexity index is 877. The molecular formula is C18H20N4O2S2. The number of thioether (sulfide) groups is 1. The average molecular weight is 389 g/mol. The van der Waals surface area contributed by atoms with Gasteiger partial charge in [-0.1, -0.05) is 30.0 Å². The number of hydrogen-bond acceptors (Lipinski definition) is 6. The van der Waals surface area contributed by atoms with E-state index < -0.39 is 0 Å². The van der Waals surface area contributed by atoms with Gasteiger partial charge in [0.05, 0.1) is 24.5 Å². The Morgan fingerprint density at radius 2 is 2.12 bits per heavy atom. The van der Waals surface area contributed by atoms with Gasteiger partial charge in [0.1, 0.15) is 5.75 Å². The topological polar surface area (TPSA) is 69.0 Å². The first-order valence-corrected chi connectivity index (χ1v) is 9.95. The number of thiophene rings is 1. The number of nitrogens with zero attached hydrogens (tertiary/aromatic N) is 3. The highest BCUT2D eigenvalue weighted by Gasteiger charge is 2.16. The van der Waals surface area contributed by atoms with Gasteiger partial charge in [0, 0.05) is 11.9 Å². The molecule has 0 aliphatic rings. The molecule has 0 radical (unpaired) electrons. The molecule has 1 aromatic carbocycles. The second-order valence-electron chi connectivity index (χ2n) is 5.66. The molecule has 0 saturated heterocycles. The number of amides is 1. The van der Waals surface area contributed by atoms with Crippen molar-refractivity contribution in [3.05, 3.63) is 46.7 Å².